The average molecular weight is 443 g/mol. The Morgan fingerprint density at radius 3 is 1.46 bits per heavy atom. The molecular formula is C20H40Cl2N2O4. The fourth-order valence-electron chi connectivity index (χ4n) is 3.58. The molecule has 0 radical (unpaired) electrons. The van der Waals surface area contributed by atoms with Gasteiger partial charge in [-0.25, -0.2) is 0 Å². The van der Waals surface area contributed by atoms with Gasteiger partial charge in [-0.2, -0.15) is 0 Å². The molecule has 0 saturated heterocycles. The van der Waals surface area contributed by atoms with Crippen molar-refractivity contribution in [2.24, 2.45) is 11.8 Å². The predicted molar refractivity (Wildman–Crippen MR) is 117 cm³/mol. The second kappa shape index (κ2) is 17.3. The maximum atomic E-state index is 12.6. The number of esters is 2. The van der Waals surface area contributed by atoms with Gasteiger partial charge in [0.15, 0.2) is 5.92 Å². The fraction of sp³-hybridized carbons (Fsp3) is 0.900. The van der Waals surface area contributed by atoms with Crippen molar-refractivity contribution in [2.75, 3.05) is 52.5 Å². The zero-order valence-electron chi connectivity index (χ0n) is 18.0. The minimum atomic E-state index is -0.758. The molecule has 1 fully saturated rings. The molecule has 8 heteroatoms. The zero-order valence-corrected chi connectivity index (χ0v) is 19.6. The number of rotatable bonds is 13. The largest absolute Gasteiger partial charge is 0.464 e. The molecule has 1 rings (SSSR count). The van der Waals surface area contributed by atoms with Crippen LogP contribution in [0.3, 0.4) is 0 Å². The van der Waals surface area contributed by atoms with Crippen LogP contribution in [0.5, 0.6) is 0 Å². The molecule has 0 unspecified atom stereocenters. The van der Waals surface area contributed by atoms with Crippen LogP contribution >= 0.6 is 24.8 Å². The maximum Gasteiger partial charge on any atom is 0.320 e. The fourth-order valence-corrected chi connectivity index (χ4v) is 3.58. The van der Waals surface area contributed by atoms with Gasteiger partial charge in [0.1, 0.15) is 13.2 Å². The van der Waals surface area contributed by atoms with Crippen LogP contribution in [0.1, 0.15) is 53.4 Å². The molecule has 6 nitrogen and oxygen atoms in total. The molecule has 0 aromatic carbocycles. The van der Waals surface area contributed by atoms with Crippen molar-refractivity contribution in [1.29, 1.82) is 0 Å². The first-order valence-electron chi connectivity index (χ1n) is 10.3. The second-order valence-corrected chi connectivity index (χ2v) is 6.91. The van der Waals surface area contributed by atoms with Crippen molar-refractivity contribution >= 4 is 36.8 Å². The van der Waals surface area contributed by atoms with Crippen LogP contribution in [0.2, 0.25) is 0 Å². The van der Waals surface area contributed by atoms with Gasteiger partial charge in [0, 0.05) is 13.1 Å². The first-order valence-corrected chi connectivity index (χ1v) is 10.3. The molecule has 0 heterocycles. The van der Waals surface area contributed by atoms with Crippen molar-refractivity contribution in [3.63, 3.8) is 0 Å². The van der Waals surface area contributed by atoms with E-state index in [2.05, 4.69) is 37.5 Å². The quantitative estimate of drug-likeness (QED) is 0.321. The number of halogens is 2. The average Bonchev–Trinajstić information content (AvgIpc) is 3.16. The number of hydrogen-bond donors (Lipinski definition) is 0. The van der Waals surface area contributed by atoms with E-state index >= 15 is 0 Å². The second-order valence-electron chi connectivity index (χ2n) is 6.91. The number of hydrogen-bond acceptors (Lipinski definition) is 6. The van der Waals surface area contributed by atoms with Crippen LogP contribution in [0.4, 0.5) is 0 Å². The molecule has 0 spiro atoms. The van der Waals surface area contributed by atoms with Crippen molar-refractivity contribution in [2.45, 2.75) is 53.4 Å². The Hall–Kier alpha value is -0.560. The van der Waals surface area contributed by atoms with Crippen LogP contribution in [-0.2, 0) is 19.1 Å². The SMILES string of the molecule is CCN(CC)CCOC(=O)C(C(=O)OCCN(CC)CC)C1CCCC1.Cl.Cl. The normalized spacial score (nSPS) is 14.1. The van der Waals surface area contributed by atoms with Gasteiger partial charge >= 0.3 is 11.9 Å². The maximum absolute atomic E-state index is 12.6. The summed E-state index contributed by atoms with van der Waals surface area (Å²) in [7, 11) is 0. The lowest BCUT2D eigenvalue weighted by molar-refractivity contribution is -0.165. The Morgan fingerprint density at radius 2 is 1.14 bits per heavy atom. The monoisotopic (exact) mass is 442 g/mol. The summed E-state index contributed by atoms with van der Waals surface area (Å²) in [5.74, 6) is -1.50. The third-order valence-corrected chi connectivity index (χ3v) is 5.47. The number of nitrogens with zero attached hydrogens (tertiary/aromatic N) is 2. The Morgan fingerprint density at radius 1 is 0.786 bits per heavy atom. The van der Waals surface area contributed by atoms with E-state index in [9.17, 15) is 9.59 Å². The highest BCUT2D eigenvalue weighted by molar-refractivity contribution is 5.95. The molecule has 0 N–H and O–H groups in total. The van der Waals surface area contributed by atoms with E-state index in [1.807, 2.05) is 0 Å². The van der Waals surface area contributed by atoms with E-state index in [0.717, 1.165) is 51.9 Å². The van der Waals surface area contributed by atoms with Gasteiger partial charge in [0.05, 0.1) is 0 Å². The molecule has 1 aliphatic carbocycles. The molecule has 1 aliphatic rings. The summed E-state index contributed by atoms with van der Waals surface area (Å²) in [4.78, 5) is 29.6. The van der Waals surface area contributed by atoms with Gasteiger partial charge in [0.2, 0.25) is 0 Å². The summed E-state index contributed by atoms with van der Waals surface area (Å²) in [5.41, 5.74) is 0. The highest BCUT2D eigenvalue weighted by atomic mass is 35.5. The minimum Gasteiger partial charge on any atom is -0.464 e. The van der Waals surface area contributed by atoms with Gasteiger partial charge in [-0.3, -0.25) is 9.59 Å². The first-order chi connectivity index (χ1) is 12.6. The first kappa shape index (κ1) is 29.6. The summed E-state index contributed by atoms with van der Waals surface area (Å²) in [6, 6.07) is 0. The molecule has 0 aromatic heterocycles. The molecule has 168 valence electrons. The van der Waals surface area contributed by atoms with E-state index in [-0.39, 0.29) is 30.7 Å². The van der Waals surface area contributed by atoms with Crippen molar-refractivity contribution in [3.8, 4) is 0 Å². The van der Waals surface area contributed by atoms with Crippen LogP contribution in [-0.4, -0.2) is 74.2 Å². The van der Waals surface area contributed by atoms with Gasteiger partial charge in [-0.15, -0.1) is 24.8 Å². The molecule has 0 amide bonds. The third kappa shape index (κ3) is 10.3. The molecule has 0 atom stereocenters. The van der Waals surface area contributed by atoms with E-state index in [1.165, 1.54) is 0 Å². The predicted octanol–water partition coefficient (Wildman–Crippen LogP) is 3.41. The lowest BCUT2D eigenvalue weighted by Crippen LogP contribution is -2.36. The smallest absolute Gasteiger partial charge is 0.320 e. The lowest BCUT2D eigenvalue weighted by Gasteiger charge is -2.23. The highest BCUT2D eigenvalue weighted by Gasteiger charge is 2.38. The van der Waals surface area contributed by atoms with Gasteiger partial charge in [-0.05, 0) is 44.9 Å². The molecule has 28 heavy (non-hydrogen) atoms. The number of carbonyl (C=O) groups excluding carboxylic acids is 2. The Bertz CT molecular complexity index is 383. The van der Waals surface area contributed by atoms with Crippen molar-refractivity contribution in [3.05, 3.63) is 0 Å². The van der Waals surface area contributed by atoms with Crippen LogP contribution in [0.25, 0.3) is 0 Å². The number of carbonyl (C=O) groups is 2. The summed E-state index contributed by atoms with van der Waals surface area (Å²) in [6.07, 6.45) is 3.95. The van der Waals surface area contributed by atoms with Gasteiger partial charge in [-0.1, -0.05) is 40.5 Å². The topological polar surface area (TPSA) is 59.1 Å². The Kier molecular flexibility index (Phi) is 18.3. The molecular weight excluding hydrogens is 403 g/mol. The van der Waals surface area contributed by atoms with Crippen LogP contribution in [0, 0.1) is 11.8 Å². The third-order valence-electron chi connectivity index (χ3n) is 5.47. The van der Waals surface area contributed by atoms with Crippen LogP contribution in [0.15, 0.2) is 0 Å². The van der Waals surface area contributed by atoms with Crippen molar-refractivity contribution in [1.82, 2.24) is 9.80 Å². The van der Waals surface area contributed by atoms with E-state index in [0.29, 0.717) is 26.3 Å². The molecule has 1 saturated carbocycles. The summed E-state index contributed by atoms with van der Waals surface area (Å²) in [6.45, 7) is 14.1. The lowest BCUT2D eigenvalue weighted by atomic mass is 9.91. The molecule has 0 bridgehead atoms. The van der Waals surface area contributed by atoms with Crippen LogP contribution < -0.4 is 0 Å². The Balaban J connectivity index is 0. The summed E-state index contributed by atoms with van der Waals surface area (Å²) in [5, 5.41) is 0. The van der Waals surface area contributed by atoms with E-state index in [1.54, 1.807) is 0 Å². The highest BCUT2D eigenvalue weighted by Crippen LogP contribution is 2.33. The molecule has 0 aromatic rings. The summed E-state index contributed by atoms with van der Waals surface area (Å²) < 4.78 is 10.9. The standard InChI is InChI=1S/C20H38N2O4.2ClH/c1-5-21(6-2)13-15-25-19(23)18(17-11-9-10-12-17)20(24)26-16-14-22(7-3)8-4;;/h17-18H,5-16H2,1-4H3;2*1H. The molecule has 0 aliphatic heterocycles. The Labute approximate surface area is 183 Å². The summed E-state index contributed by atoms with van der Waals surface area (Å²) >= 11 is 0. The van der Waals surface area contributed by atoms with Gasteiger partial charge < -0.3 is 19.3 Å². The van der Waals surface area contributed by atoms with E-state index < -0.39 is 17.9 Å². The zero-order chi connectivity index (χ0) is 19.4. The minimum absolute atomic E-state index is 0. The van der Waals surface area contributed by atoms with Gasteiger partial charge in [0.25, 0.3) is 0 Å². The number of likely N-dealkylation sites (N-methyl/N-ethyl adjacent to an activating group) is 2. The van der Waals surface area contributed by atoms with E-state index in [4.69, 9.17) is 9.47 Å². The van der Waals surface area contributed by atoms with Crippen molar-refractivity contribution < 1.29 is 19.1 Å². The number of ether oxygens (including phenoxy) is 2.